The number of carbonyl (C=O) groups excluding carboxylic acids is 1. The number of rotatable bonds is 8. The van der Waals surface area contributed by atoms with Gasteiger partial charge in [0.25, 0.3) is 6.43 Å². The fourth-order valence-corrected chi connectivity index (χ4v) is 5.58. The Bertz CT molecular complexity index is 1930. The van der Waals surface area contributed by atoms with Crippen LogP contribution in [0.1, 0.15) is 47.1 Å². The van der Waals surface area contributed by atoms with E-state index in [9.17, 15) is 22.4 Å². The van der Waals surface area contributed by atoms with E-state index in [0.717, 1.165) is 22.6 Å². The number of benzene rings is 1. The lowest BCUT2D eigenvalue weighted by molar-refractivity contribution is -0.122. The summed E-state index contributed by atoms with van der Waals surface area (Å²) >= 11 is 0. The van der Waals surface area contributed by atoms with Crippen LogP contribution in [0.3, 0.4) is 0 Å². The fraction of sp³-hybridized carbons (Fsp3) is 0.200. The summed E-state index contributed by atoms with van der Waals surface area (Å²) in [7, 11) is 0. The average molecular weight is 572 g/mol. The van der Waals surface area contributed by atoms with Gasteiger partial charge in [-0.1, -0.05) is 0 Å². The number of carbonyl (C=O) groups is 1. The van der Waals surface area contributed by atoms with E-state index in [0.29, 0.717) is 46.6 Å². The maximum atomic E-state index is 14.1. The molecule has 0 fully saturated rings. The van der Waals surface area contributed by atoms with Crippen molar-refractivity contribution in [2.24, 2.45) is 0 Å². The van der Waals surface area contributed by atoms with E-state index in [1.54, 1.807) is 18.6 Å². The third-order valence-electron chi connectivity index (χ3n) is 7.44. The molecule has 0 radical (unpaired) electrons. The van der Waals surface area contributed by atoms with E-state index in [-0.39, 0.29) is 24.2 Å². The fourth-order valence-electron chi connectivity index (χ4n) is 5.58. The lowest BCUT2D eigenvalue weighted by atomic mass is 9.95. The Morgan fingerprint density at radius 1 is 1.07 bits per heavy atom. The van der Waals surface area contributed by atoms with Crippen LogP contribution >= 0.6 is 0 Å². The number of aromatic nitrogens is 6. The SMILES string of the molecule is O=C(Cn1nc(C(F)F)c2c1C1=C=C1CC2)N[C@@H](Cc1cc(F)cc(F)c1)c1ncncc1-c1cnc2[nH]ccc2c1. The summed E-state index contributed by atoms with van der Waals surface area (Å²) < 4.78 is 57.1. The molecule has 2 aliphatic carbocycles. The highest BCUT2D eigenvalue weighted by Gasteiger charge is 2.35. The molecule has 210 valence electrons. The predicted octanol–water partition coefficient (Wildman–Crippen LogP) is 5.40. The van der Waals surface area contributed by atoms with Gasteiger partial charge in [-0.05, 0) is 49.1 Å². The van der Waals surface area contributed by atoms with E-state index in [1.165, 1.54) is 23.1 Å². The minimum absolute atomic E-state index is 0.0133. The summed E-state index contributed by atoms with van der Waals surface area (Å²) in [5.41, 5.74) is 7.95. The normalized spacial score (nSPS) is 14.3. The lowest BCUT2D eigenvalue weighted by Gasteiger charge is -2.21. The Balaban J connectivity index is 1.24. The van der Waals surface area contributed by atoms with Crippen molar-refractivity contribution < 1.29 is 22.4 Å². The third kappa shape index (κ3) is 4.75. The Morgan fingerprint density at radius 2 is 1.90 bits per heavy atom. The number of hydrogen-bond acceptors (Lipinski definition) is 5. The number of nitrogens with one attached hydrogen (secondary N) is 2. The molecule has 1 amide bonds. The molecule has 0 saturated heterocycles. The molecule has 2 aliphatic rings. The number of pyridine rings is 1. The third-order valence-corrected chi connectivity index (χ3v) is 7.44. The zero-order chi connectivity index (χ0) is 29.0. The number of aromatic amines is 1. The van der Waals surface area contributed by atoms with Crippen molar-refractivity contribution in [3.63, 3.8) is 0 Å². The van der Waals surface area contributed by atoms with Crippen LogP contribution in [0.25, 0.3) is 27.7 Å². The predicted molar refractivity (Wildman–Crippen MR) is 144 cm³/mol. The van der Waals surface area contributed by atoms with Gasteiger partial charge in [-0.15, -0.1) is 5.73 Å². The van der Waals surface area contributed by atoms with Crippen LogP contribution in [0.4, 0.5) is 17.6 Å². The van der Waals surface area contributed by atoms with Crippen molar-refractivity contribution in [1.29, 1.82) is 0 Å². The first-order chi connectivity index (χ1) is 20.3. The van der Waals surface area contributed by atoms with Gasteiger partial charge in [-0.2, -0.15) is 5.10 Å². The van der Waals surface area contributed by atoms with Crippen LogP contribution < -0.4 is 5.32 Å². The molecule has 1 atom stereocenters. The van der Waals surface area contributed by atoms with Gasteiger partial charge in [0.05, 0.1) is 23.0 Å². The van der Waals surface area contributed by atoms with Crippen molar-refractivity contribution in [3.05, 3.63) is 106 Å². The average Bonchev–Trinajstić information content (AvgIpc) is 3.43. The molecule has 42 heavy (non-hydrogen) atoms. The molecule has 4 heterocycles. The number of amides is 1. The first-order valence-corrected chi connectivity index (χ1v) is 13.2. The van der Waals surface area contributed by atoms with Crippen molar-refractivity contribution in [2.75, 3.05) is 0 Å². The second-order valence-corrected chi connectivity index (χ2v) is 10.2. The number of hydrogen-bond donors (Lipinski definition) is 2. The van der Waals surface area contributed by atoms with Gasteiger partial charge in [-0.25, -0.2) is 32.5 Å². The minimum atomic E-state index is -2.78. The number of allylic oxidation sites excluding steroid dienone is 1. The zero-order valence-electron chi connectivity index (χ0n) is 21.8. The first-order valence-electron chi connectivity index (χ1n) is 13.2. The summed E-state index contributed by atoms with van der Waals surface area (Å²) in [6, 6.07) is 6.01. The van der Waals surface area contributed by atoms with Gasteiger partial charge in [0.1, 0.15) is 35.8 Å². The molecule has 4 aromatic heterocycles. The minimum Gasteiger partial charge on any atom is -0.346 e. The van der Waals surface area contributed by atoms with E-state index in [2.05, 4.69) is 36.1 Å². The molecule has 1 aromatic carbocycles. The molecular weight excluding hydrogens is 550 g/mol. The van der Waals surface area contributed by atoms with Crippen molar-refractivity contribution in [2.45, 2.75) is 38.3 Å². The summed E-state index contributed by atoms with van der Waals surface area (Å²) in [6.07, 6.45) is 4.51. The maximum Gasteiger partial charge on any atom is 0.282 e. The van der Waals surface area contributed by atoms with Crippen LogP contribution in [0.2, 0.25) is 0 Å². The van der Waals surface area contributed by atoms with Crippen LogP contribution in [0.5, 0.6) is 0 Å². The summed E-state index contributed by atoms with van der Waals surface area (Å²) in [5.74, 6) is -2.06. The maximum absolute atomic E-state index is 14.1. The topological polar surface area (TPSA) is 101 Å². The number of halogens is 4. The quantitative estimate of drug-likeness (QED) is 0.192. The van der Waals surface area contributed by atoms with Gasteiger partial charge < -0.3 is 10.3 Å². The van der Waals surface area contributed by atoms with Crippen molar-refractivity contribution in [1.82, 2.24) is 35.0 Å². The Morgan fingerprint density at radius 3 is 2.71 bits per heavy atom. The van der Waals surface area contributed by atoms with E-state index >= 15 is 0 Å². The molecule has 7 rings (SSSR count). The largest absolute Gasteiger partial charge is 0.346 e. The molecule has 0 aliphatic heterocycles. The number of alkyl halides is 2. The molecule has 2 N–H and O–H groups in total. The van der Waals surface area contributed by atoms with Gasteiger partial charge in [0, 0.05) is 52.3 Å². The summed E-state index contributed by atoms with van der Waals surface area (Å²) in [4.78, 5) is 29.6. The highest BCUT2D eigenvalue weighted by molar-refractivity contribution is 5.91. The zero-order valence-corrected chi connectivity index (χ0v) is 21.8. The number of fused-ring (bicyclic) bond motifs is 4. The van der Waals surface area contributed by atoms with Gasteiger partial charge in [-0.3, -0.25) is 9.48 Å². The van der Waals surface area contributed by atoms with Gasteiger partial charge in [0.2, 0.25) is 5.91 Å². The molecular formula is C30H21F4N7O. The molecule has 0 bridgehead atoms. The molecule has 12 heteroatoms. The highest BCUT2D eigenvalue weighted by Crippen LogP contribution is 2.44. The van der Waals surface area contributed by atoms with Crippen molar-refractivity contribution in [3.8, 4) is 11.1 Å². The summed E-state index contributed by atoms with van der Waals surface area (Å²) in [5, 5.41) is 7.82. The molecule has 0 spiro atoms. The second kappa shape index (κ2) is 10.1. The molecule has 5 aromatic rings. The number of H-pyrrole nitrogens is 1. The van der Waals surface area contributed by atoms with E-state index < -0.39 is 30.0 Å². The van der Waals surface area contributed by atoms with Gasteiger partial charge in [0.15, 0.2) is 0 Å². The van der Waals surface area contributed by atoms with Crippen molar-refractivity contribution >= 4 is 22.5 Å². The second-order valence-electron chi connectivity index (χ2n) is 10.2. The van der Waals surface area contributed by atoms with E-state index in [1.807, 2.05) is 12.1 Å². The number of nitrogens with zero attached hydrogens (tertiary/aromatic N) is 5. The van der Waals surface area contributed by atoms with Crippen LogP contribution in [0.15, 0.2) is 66.6 Å². The van der Waals surface area contributed by atoms with E-state index in [4.69, 9.17) is 0 Å². The summed E-state index contributed by atoms with van der Waals surface area (Å²) in [6.45, 7) is -0.348. The Hall–Kier alpha value is -5.09. The Kier molecular flexibility index (Phi) is 6.20. The van der Waals surface area contributed by atoms with Crippen LogP contribution in [-0.4, -0.2) is 35.6 Å². The smallest absolute Gasteiger partial charge is 0.282 e. The van der Waals surface area contributed by atoms with Gasteiger partial charge >= 0.3 is 0 Å². The lowest BCUT2D eigenvalue weighted by Crippen LogP contribution is -2.34. The molecule has 0 unspecified atom stereocenters. The van der Waals surface area contributed by atoms with Crippen LogP contribution in [0, 0.1) is 11.6 Å². The monoisotopic (exact) mass is 571 g/mol. The Labute approximate surface area is 235 Å². The van der Waals surface area contributed by atoms with Crippen LogP contribution in [-0.2, 0) is 24.2 Å². The standard InChI is InChI=1S/C30H21F4N7O/c31-19-5-15(6-20(32)10-19)7-24(26-23(12-35-14-38-26)18-8-17-3-4-36-30(17)37-11-18)39-25(42)13-41-28-21(27(40-41)29(33)34)2-1-16-9-22(16)28/h3-6,8,10-12,14,24,29H,1-2,7,13H2,(H,36,37)(H,39,42)/t24-/m0/s1. The molecule has 8 nitrogen and oxygen atoms in total. The first kappa shape index (κ1) is 25.8. The highest BCUT2D eigenvalue weighted by atomic mass is 19.3. The molecule has 0 saturated carbocycles.